The number of hydrogen-bond acceptors (Lipinski definition) is 2. The maximum atomic E-state index is 11.2. The van der Waals surface area contributed by atoms with Crippen molar-refractivity contribution in [2.24, 2.45) is 0 Å². The number of carbonyl (C=O) groups is 2. The molecule has 0 N–H and O–H groups in total. The van der Waals surface area contributed by atoms with Gasteiger partial charge in [0.05, 0.1) is 0 Å². The van der Waals surface area contributed by atoms with Gasteiger partial charge in [-0.15, -0.1) is 0 Å². The third-order valence-corrected chi connectivity index (χ3v) is 2.30. The Morgan fingerprint density at radius 1 is 0.714 bits per heavy atom. The summed E-state index contributed by atoms with van der Waals surface area (Å²) in [4.78, 5) is 22.5. The molecule has 2 heteroatoms. The molecule has 0 bridgehead atoms. The average molecular weight is 198 g/mol. The molecule has 0 aromatic rings. The largest absolute Gasteiger partial charge is 0.300 e. The van der Waals surface area contributed by atoms with Gasteiger partial charge in [-0.3, -0.25) is 9.59 Å². The van der Waals surface area contributed by atoms with Gasteiger partial charge in [-0.1, -0.05) is 26.7 Å². The second-order valence-electron chi connectivity index (χ2n) is 3.78. The summed E-state index contributed by atoms with van der Waals surface area (Å²) in [7, 11) is 0. The Bertz CT molecular complexity index is 153. The van der Waals surface area contributed by atoms with Crippen molar-refractivity contribution in [3.05, 3.63) is 0 Å². The molecule has 0 aromatic carbocycles. The van der Waals surface area contributed by atoms with E-state index in [2.05, 4.69) is 13.8 Å². The van der Waals surface area contributed by atoms with Gasteiger partial charge in [-0.05, 0) is 12.8 Å². The lowest BCUT2D eigenvalue weighted by atomic mass is 10.0. The highest BCUT2D eigenvalue weighted by molar-refractivity contribution is 5.85. The number of hydrogen-bond donors (Lipinski definition) is 0. The van der Waals surface area contributed by atoms with E-state index < -0.39 is 0 Å². The average Bonchev–Trinajstić information content (AvgIpc) is 2.20. The number of unbranched alkanes of at least 4 members (excludes halogenated alkanes) is 2. The van der Waals surface area contributed by atoms with E-state index in [1.54, 1.807) is 0 Å². The third-order valence-electron chi connectivity index (χ3n) is 2.30. The first kappa shape index (κ1) is 13.3. The number of Topliss-reactive ketones (excluding diaryl/α,β-unsaturated/α-hetero) is 2. The van der Waals surface area contributed by atoms with E-state index in [1.165, 1.54) is 0 Å². The predicted octanol–water partition coefficient (Wildman–Crippen LogP) is 3.29. The van der Waals surface area contributed by atoms with Crippen LogP contribution in [0.5, 0.6) is 0 Å². The summed E-state index contributed by atoms with van der Waals surface area (Å²) in [6, 6.07) is 0. The Kier molecular flexibility index (Phi) is 8.50. The van der Waals surface area contributed by atoms with E-state index in [0.29, 0.717) is 25.7 Å². The molecule has 0 aromatic heterocycles. The van der Waals surface area contributed by atoms with Gasteiger partial charge in [-0.25, -0.2) is 0 Å². The highest BCUT2D eigenvalue weighted by Gasteiger charge is 2.05. The summed E-state index contributed by atoms with van der Waals surface area (Å²) < 4.78 is 0. The number of rotatable bonds is 9. The van der Waals surface area contributed by atoms with Gasteiger partial charge < -0.3 is 0 Å². The lowest BCUT2D eigenvalue weighted by Crippen LogP contribution is -2.03. The summed E-state index contributed by atoms with van der Waals surface area (Å²) in [5, 5.41) is 0. The zero-order chi connectivity index (χ0) is 10.8. The highest BCUT2D eigenvalue weighted by Crippen LogP contribution is 2.05. The lowest BCUT2D eigenvalue weighted by Gasteiger charge is -1.99. The predicted molar refractivity (Wildman–Crippen MR) is 58.3 cm³/mol. The number of ketones is 2. The van der Waals surface area contributed by atoms with Crippen molar-refractivity contribution < 1.29 is 9.59 Å². The minimum Gasteiger partial charge on any atom is -0.300 e. The van der Waals surface area contributed by atoms with Gasteiger partial charge in [0.15, 0.2) is 0 Å². The molecule has 2 nitrogen and oxygen atoms in total. The molecule has 14 heavy (non-hydrogen) atoms. The Morgan fingerprint density at radius 2 is 1.07 bits per heavy atom. The van der Waals surface area contributed by atoms with Gasteiger partial charge >= 0.3 is 0 Å². The van der Waals surface area contributed by atoms with Crippen LogP contribution in [0.3, 0.4) is 0 Å². The van der Waals surface area contributed by atoms with E-state index in [4.69, 9.17) is 0 Å². The normalized spacial score (nSPS) is 10.1. The molecule has 0 spiro atoms. The van der Waals surface area contributed by atoms with Crippen molar-refractivity contribution in [1.29, 1.82) is 0 Å². The molecule has 0 amide bonds. The first-order valence-electron chi connectivity index (χ1n) is 5.74. The van der Waals surface area contributed by atoms with Gasteiger partial charge in [0.25, 0.3) is 0 Å². The van der Waals surface area contributed by atoms with Crippen LogP contribution < -0.4 is 0 Å². The molecule has 0 radical (unpaired) electrons. The van der Waals surface area contributed by atoms with Crippen LogP contribution in [0.4, 0.5) is 0 Å². The number of carbonyl (C=O) groups excluding carboxylic acids is 2. The van der Waals surface area contributed by atoms with Crippen LogP contribution in [-0.2, 0) is 9.59 Å². The molecule has 0 heterocycles. The summed E-state index contributed by atoms with van der Waals surface area (Å²) in [5.41, 5.74) is 0. The second kappa shape index (κ2) is 8.92. The van der Waals surface area contributed by atoms with Crippen molar-refractivity contribution in [2.75, 3.05) is 0 Å². The topological polar surface area (TPSA) is 34.1 Å². The molecule has 0 aliphatic heterocycles. The molecule has 0 aliphatic rings. The van der Waals surface area contributed by atoms with Gasteiger partial charge in [0.1, 0.15) is 11.6 Å². The Labute approximate surface area is 87.1 Å². The van der Waals surface area contributed by atoms with Crippen LogP contribution in [0.1, 0.15) is 65.2 Å². The molecule has 82 valence electrons. The Balaban J connectivity index is 3.41. The van der Waals surface area contributed by atoms with E-state index in [-0.39, 0.29) is 11.6 Å². The van der Waals surface area contributed by atoms with Crippen LogP contribution in [0.15, 0.2) is 0 Å². The Morgan fingerprint density at radius 3 is 1.36 bits per heavy atom. The Hall–Kier alpha value is -0.660. The van der Waals surface area contributed by atoms with Crippen LogP contribution in [-0.4, -0.2) is 11.6 Å². The quantitative estimate of drug-likeness (QED) is 0.569. The van der Waals surface area contributed by atoms with Crippen LogP contribution >= 0.6 is 0 Å². The van der Waals surface area contributed by atoms with Crippen LogP contribution in [0.2, 0.25) is 0 Å². The standard InChI is InChI=1S/C12H22O2/c1-3-5-7-11(13)9-10-12(14)8-6-4-2/h3-10H2,1-2H3. The van der Waals surface area contributed by atoms with Crippen molar-refractivity contribution >= 4 is 11.6 Å². The van der Waals surface area contributed by atoms with Crippen molar-refractivity contribution in [2.45, 2.75) is 65.2 Å². The minimum absolute atomic E-state index is 0.247. The fraction of sp³-hybridized carbons (Fsp3) is 0.833. The smallest absolute Gasteiger partial charge is 0.133 e. The molecule has 0 rings (SSSR count). The fourth-order valence-corrected chi connectivity index (χ4v) is 1.28. The summed E-state index contributed by atoms with van der Waals surface area (Å²) in [6.07, 6.45) is 6.25. The van der Waals surface area contributed by atoms with Gasteiger partial charge in [-0.2, -0.15) is 0 Å². The van der Waals surface area contributed by atoms with E-state index in [1.807, 2.05) is 0 Å². The second-order valence-corrected chi connectivity index (χ2v) is 3.78. The molecule has 0 saturated heterocycles. The van der Waals surface area contributed by atoms with Crippen molar-refractivity contribution in [1.82, 2.24) is 0 Å². The maximum Gasteiger partial charge on any atom is 0.133 e. The molecule has 0 aliphatic carbocycles. The fourth-order valence-electron chi connectivity index (χ4n) is 1.28. The lowest BCUT2D eigenvalue weighted by molar-refractivity contribution is -0.124. The summed E-state index contributed by atoms with van der Waals surface area (Å²) in [5.74, 6) is 0.494. The van der Waals surface area contributed by atoms with Gasteiger partial charge in [0.2, 0.25) is 0 Å². The van der Waals surface area contributed by atoms with Crippen LogP contribution in [0, 0.1) is 0 Å². The monoisotopic (exact) mass is 198 g/mol. The molecule has 0 atom stereocenters. The van der Waals surface area contributed by atoms with Gasteiger partial charge in [0, 0.05) is 25.7 Å². The zero-order valence-electron chi connectivity index (χ0n) is 9.47. The minimum atomic E-state index is 0.247. The summed E-state index contributed by atoms with van der Waals surface area (Å²) in [6.45, 7) is 4.14. The summed E-state index contributed by atoms with van der Waals surface area (Å²) >= 11 is 0. The SMILES string of the molecule is CCCCC(=O)CCC(=O)CCCC. The molecule has 0 unspecified atom stereocenters. The first-order valence-corrected chi connectivity index (χ1v) is 5.74. The molecular weight excluding hydrogens is 176 g/mol. The van der Waals surface area contributed by atoms with Crippen molar-refractivity contribution in [3.8, 4) is 0 Å². The third kappa shape index (κ3) is 7.96. The zero-order valence-corrected chi connectivity index (χ0v) is 9.47. The molecular formula is C12H22O2. The maximum absolute atomic E-state index is 11.2. The van der Waals surface area contributed by atoms with E-state index in [0.717, 1.165) is 25.7 Å². The van der Waals surface area contributed by atoms with Crippen LogP contribution in [0.25, 0.3) is 0 Å². The van der Waals surface area contributed by atoms with E-state index >= 15 is 0 Å². The molecule has 0 saturated carbocycles. The first-order chi connectivity index (χ1) is 6.70. The molecule has 0 fully saturated rings. The van der Waals surface area contributed by atoms with Crippen molar-refractivity contribution in [3.63, 3.8) is 0 Å². The highest BCUT2D eigenvalue weighted by atomic mass is 16.1. The van der Waals surface area contributed by atoms with E-state index in [9.17, 15) is 9.59 Å².